The first-order valence-electron chi connectivity index (χ1n) is 6.70. The van der Waals surface area contributed by atoms with E-state index in [0.717, 1.165) is 44.1 Å². The van der Waals surface area contributed by atoms with Gasteiger partial charge >= 0.3 is 0 Å². The lowest BCUT2D eigenvalue weighted by molar-refractivity contribution is 0.0410. The Balaban J connectivity index is 1.62. The predicted molar refractivity (Wildman–Crippen MR) is 79.7 cm³/mol. The lowest BCUT2D eigenvalue weighted by atomic mass is 10.2. The molecule has 1 aliphatic rings. The van der Waals surface area contributed by atoms with Gasteiger partial charge < -0.3 is 4.74 Å². The number of ether oxygens (including phenoxy) is 1. The summed E-state index contributed by atoms with van der Waals surface area (Å²) in [5.41, 5.74) is 1.08. The molecule has 2 aromatic rings. The van der Waals surface area contributed by atoms with Gasteiger partial charge in [0, 0.05) is 41.9 Å². The van der Waals surface area contributed by atoms with E-state index in [0.29, 0.717) is 0 Å². The molecule has 0 radical (unpaired) electrons. The number of benzene rings is 1. The van der Waals surface area contributed by atoms with Crippen molar-refractivity contribution in [3.63, 3.8) is 0 Å². The van der Waals surface area contributed by atoms with Crippen molar-refractivity contribution in [2.75, 3.05) is 38.6 Å². The Labute approximate surface area is 118 Å². The van der Waals surface area contributed by atoms with Gasteiger partial charge in [0.15, 0.2) is 0 Å². The summed E-state index contributed by atoms with van der Waals surface area (Å²) in [7, 11) is 0. The summed E-state index contributed by atoms with van der Waals surface area (Å²) < 4.78 is 5.37. The molecular weight excluding hydrogens is 256 g/mol. The summed E-state index contributed by atoms with van der Waals surface area (Å²) in [4.78, 5) is 8.20. The van der Waals surface area contributed by atoms with E-state index in [2.05, 4.69) is 34.1 Å². The average Bonchev–Trinajstić information content (AvgIpc) is 2.49. The van der Waals surface area contributed by atoms with Crippen LogP contribution in [0.5, 0.6) is 0 Å². The van der Waals surface area contributed by atoms with Gasteiger partial charge in [-0.15, -0.1) is 11.8 Å². The van der Waals surface area contributed by atoms with Crippen LogP contribution in [0, 0.1) is 0 Å². The first-order valence-corrected chi connectivity index (χ1v) is 7.69. The highest BCUT2D eigenvalue weighted by Gasteiger charge is 2.10. The number of morpholine rings is 1. The number of hydrogen-bond acceptors (Lipinski definition) is 4. The molecule has 3 rings (SSSR count). The van der Waals surface area contributed by atoms with Crippen molar-refractivity contribution in [2.24, 2.45) is 0 Å². The Bertz CT molecular complexity index is 535. The Morgan fingerprint density at radius 3 is 2.89 bits per heavy atom. The highest BCUT2D eigenvalue weighted by Crippen LogP contribution is 2.26. The second-order valence-electron chi connectivity index (χ2n) is 4.63. The fourth-order valence-electron chi connectivity index (χ4n) is 2.30. The molecule has 1 saturated heterocycles. The van der Waals surface area contributed by atoms with Crippen molar-refractivity contribution in [1.82, 2.24) is 9.88 Å². The predicted octanol–water partition coefficient (Wildman–Crippen LogP) is 2.66. The van der Waals surface area contributed by atoms with Crippen molar-refractivity contribution < 1.29 is 4.74 Å². The van der Waals surface area contributed by atoms with Gasteiger partial charge in [-0.05, 0) is 12.1 Å². The lowest BCUT2D eigenvalue weighted by Gasteiger charge is -2.26. The molecule has 1 fully saturated rings. The number of hydrogen-bond donors (Lipinski definition) is 0. The molecule has 0 aliphatic carbocycles. The number of thioether (sulfide) groups is 1. The van der Waals surface area contributed by atoms with E-state index in [4.69, 9.17) is 4.74 Å². The zero-order valence-electron chi connectivity index (χ0n) is 10.9. The second kappa shape index (κ2) is 6.37. The summed E-state index contributed by atoms with van der Waals surface area (Å²) >= 11 is 1.92. The number of fused-ring (bicyclic) bond motifs is 1. The molecule has 19 heavy (non-hydrogen) atoms. The number of pyridine rings is 1. The molecule has 0 bridgehead atoms. The van der Waals surface area contributed by atoms with Crippen molar-refractivity contribution in [2.45, 2.75) is 4.90 Å². The third-order valence-electron chi connectivity index (χ3n) is 3.38. The molecule has 2 heterocycles. The molecule has 100 valence electrons. The Morgan fingerprint density at radius 1 is 1.16 bits per heavy atom. The van der Waals surface area contributed by atoms with E-state index in [1.807, 2.05) is 24.0 Å². The quantitative estimate of drug-likeness (QED) is 0.800. The standard InChI is InChI=1S/C15H18N2OS/c1-2-4-14-13(3-1)15(5-6-16-14)19-12-9-17-7-10-18-11-8-17/h1-6H,7-12H2. The molecule has 0 atom stereocenters. The van der Waals surface area contributed by atoms with E-state index >= 15 is 0 Å². The average molecular weight is 274 g/mol. The maximum absolute atomic E-state index is 5.37. The van der Waals surface area contributed by atoms with Gasteiger partial charge in [-0.2, -0.15) is 0 Å². The van der Waals surface area contributed by atoms with E-state index < -0.39 is 0 Å². The van der Waals surface area contributed by atoms with Crippen LogP contribution >= 0.6 is 11.8 Å². The molecule has 0 N–H and O–H groups in total. The van der Waals surface area contributed by atoms with Crippen LogP contribution in [0.2, 0.25) is 0 Å². The van der Waals surface area contributed by atoms with Gasteiger partial charge in [0.1, 0.15) is 0 Å². The van der Waals surface area contributed by atoms with Crippen LogP contribution in [0.1, 0.15) is 0 Å². The molecular formula is C15H18N2OS. The molecule has 3 nitrogen and oxygen atoms in total. The fraction of sp³-hybridized carbons (Fsp3) is 0.400. The lowest BCUT2D eigenvalue weighted by Crippen LogP contribution is -2.37. The first-order chi connectivity index (χ1) is 9.43. The van der Waals surface area contributed by atoms with Gasteiger partial charge in [0.05, 0.1) is 18.7 Å². The Kier molecular flexibility index (Phi) is 4.33. The van der Waals surface area contributed by atoms with Crippen LogP contribution in [0.15, 0.2) is 41.4 Å². The van der Waals surface area contributed by atoms with Crippen LogP contribution in [0.3, 0.4) is 0 Å². The van der Waals surface area contributed by atoms with Crippen LogP contribution in [-0.2, 0) is 4.74 Å². The van der Waals surface area contributed by atoms with E-state index in [9.17, 15) is 0 Å². The number of rotatable bonds is 4. The Morgan fingerprint density at radius 2 is 2.00 bits per heavy atom. The van der Waals surface area contributed by atoms with E-state index in [1.54, 1.807) is 0 Å². The van der Waals surface area contributed by atoms with Crippen LogP contribution < -0.4 is 0 Å². The SMILES string of the molecule is c1ccc2c(SCCN3CCOCC3)ccnc2c1. The van der Waals surface area contributed by atoms with Crippen molar-refractivity contribution in [3.8, 4) is 0 Å². The smallest absolute Gasteiger partial charge is 0.0713 e. The maximum atomic E-state index is 5.37. The molecule has 1 aromatic carbocycles. The summed E-state index contributed by atoms with van der Waals surface area (Å²) in [5, 5.41) is 1.26. The van der Waals surface area contributed by atoms with Gasteiger partial charge in [0.25, 0.3) is 0 Å². The zero-order valence-corrected chi connectivity index (χ0v) is 11.7. The van der Waals surface area contributed by atoms with Gasteiger partial charge in [-0.3, -0.25) is 9.88 Å². The van der Waals surface area contributed by atoms with Gasteiger partial charge in [-0.25, -0.2) is 0 Å². The van der Waals surface area contributed by atoms with Crippen LogP contribution in [-0.4, -0.2) is 48.5 Å². The molecule has 1 aliphatic heterocycles. The number of aromatic nitrogens is 1. The maximum Gasteiger partial charge on any atom is 0.0713 e. The first kappa shape index (κ1) is 12.9. The van der Waals surface area contributed by atoms with Crippen molar-refractivity contribution >= 4 is 22.7 Å². The minimum Gasteiger partial charge on any atom is -0.379 e. The summed E-state index contributed by atoms with van der Waals surface area (Å²) in [5.74, 6) is 1.12. The largest absolute Gasteiger partial charge is 0.379 e. The van der Waals surface area contributed by atoms with Crippen LogP contribution in [0.4, 0.5) is 0 Å². The summed E-state index contributed by atoms with van der Waals surface area (Å²) in [6, 6.07) is 10.5. The Hall–Kier alpha value is -1.10. The van der Waals surface area contributed by atoms with E-state index in [1.165, 1.54) is 10.3 Å². The summed E-state index contributed by atoms with van der Waals surface area (Å²) in [6.45, 7) is 5.02. The van der Waals surface area contributed by atoms with Crippen molar-refractivity contribution in [3.05, 3.63) is 36.5 Å². The molecule has 1 aromatic heterocycles. The van der Waals surface area contributed by atoms with Crippen molar-refractivity contribution in [1.29, 1.82) is 0 Å². The zero-order chi connectivity index (χ0) is 12.9. The molecule has 0 unspecified atom stereocenters. The topological polar surface area (TPSA) is 25.4 Å². The molecule has 0 amide bonds. The minimum absolute atomic E-state index is 0.878. The summed E-state index contributed by atoms with van der Waals surface area (Å²) in [6.07, 6.45) is 1.90. The second-order valence-corrected chi connectivity index (χ2v) is 5.77. The third-order valence-corrected chi connectivity index (χ3v) is 4.43. The normalized spacial score (nSPS) is 16.8. The monoisotopic (exact) mass is 274 g/mol. The fourth-order valence-corrected chi connectivity index (χ4v) is 3.36. The highest BCUT2D eigenvalue weighted by molar-refractivity contribution is 7.99. The third kappa shape index (κ3) is 3.26. The number of para-hydroxylation sites is 1. The van der Waals surface area contributed by atoms with Crippen LogP contribution in [0.25, 0.3) is 10.9 Å². The molecule has 4 heteroatoms. The number of nitrogens with zero attached hydrogens (tertiary/aromatic N) is 2. The highest BCUT2D eigenvalue weighted by atomic mass is 32.2. The van der Waals surface area contributed by atoms with Gasteiger partial charge in [0.2, 0.25) is 0 Å². The van der Waals surface area contributed by atoms with Gasteiger partial charge in [-0.1, -0.05) is 18.2 Å². The molecule has 0 spiro atoms. The molecule has 0 saturated carbocycles. The minimum atomic E-state index is 0.878. The van der Waals surface area contributed by atoms with E-state index in [-0.39, 0.29) is 0 Å².